The Balaban J connectivity index is 1.33. The molecule has 1 unspecified atom stereocenters. The van der Waals surface area contributed by atoms with E-state index in [9.17, 15) is 9.59 Å². The summed E-state index contributed by atoms with van der Waals surface area (Å²) in [6.07, 6.45) is 1.19. The van der Waals surface area contributed by atoms with Gasteiger partial charge in [0.05, 0.1) is 12.6 Å². The molecular formula is C18H25N3O3S. The van der Waals surface area contributed by atoms with Crippen LogP contribution in [0.15, 0.2) is 30.3 Å². The van der Waals surface area contributed by atoms with Crippen molar-refractivity contribution in [3.63, 3.8) is 0 Å². The third kappa shape index (κ3) is 5.12. The average molecular weight is 363 g/mol. The molecule has 0 aromatic heterocycles. The predicted molar refractivity (Wildman–Crippen MR) is 98.6 cm³/mol. The van der Waals surface area contributed by atoms with Gasteiger partial charge in [0, 0.05) is 44.2 Å². The number of rotatable bonds is 6. The molecule has 0 aliphatic carbocycles. The van der Waals surface area contributed by atoms with Crippen LogP contribution in [0.1, 0.15) is 12.8 Å². The lowest BCUT2D eigenvalue weighted by Crippen LogP contribution is -2.54. The molecule has 1 aromatic carbocycles. The first-order chi connectivity index (χ1) is 12.2. The third-order valence-electron chi connectivity index (χ3n) is 4.51. The van der Waals surface area contributed by atoms with Crippen LogP contribution in [0.4, 0.5) is 0 Å². The Morgan fingerprint density at radius 3 is 2.52 bits per heavy atom. The Bertz CT molecular complexity index is 570. The summed E-state index contributed by atoms with van der Waals surface area (Å²) in [5.41, 5.74) is 0. The molecule has 7 heteroatoms. The minimum atomic E-state index is -0.0533. The zero-order valence-corrected chi connectivity index (χ0v) is 15.2. The Kier molecular flexibility index (Phi) is 6.58. The van der Waals surface area contributed by atoms with E-state index in [1.165, 1.54) is 0 Å². The molecule has 2 aliphatic rings. The standard InChI is InChI=1S/C18H25N3O3S/c22-17(7-4-12-24-15-5-2-1-3-6-15)20-8-10-21(11-9-20)18(23)16-13-25-14-19-16/h1-3,5-6,16,19H,4,7-14H2. The van der Waals surface area contributed by atoms with E-state index in [0.717, 1.165) is 17.4 Å². The number of carbonyl (C=O) groups is 2. The van der Waals surface area contributed by atoms with Gasteiger partial charge in [-0.25, -0.2) is 0 Å². The van der Waals surface area contributed by atoms with Gasteiger partial charge in [0.15, 0.2) is 0 Å². The number of para-hydroxylation sites is 1. The maximum absolute atomic E-state index is 12.4. The maximum atomic E-state index is 12.4. The van der Waals surface area contributed by atoms with Crippen LogP contribution in [-0.4, -0.2) is 72.1 Å². The summed E-state index contributed by atoms with van der Waals surface area (Å²) in [4.78, 5) is 28.4. The first-order valence-electron chi connectivity index (χ1n) is 8.79. The van der Waals surface area contributed by atoms with E-state index < -0.39 is 0 Å². The number of thioether (sulfide) groups is 1. The Morgan fingerprint density at radius 2 is 1.84 bits per heavy atom. The quantitative estimate of drug-likeness (QED) is 0.769. The highest BCUT2D eigenvalue weighted by molar-refractivity contribution is 7.99. The number of hydrogen-bond donors (Lipinski definition) is 1. The molecule has 2 saturated heterocycles. The van der Waals surface area contributed by atoms with Crippen molar-refractivity contribution in [2.24, 2.45) is 0 Å². The molecule has 0 radical (unpaired) electrons. The van der Waals surface area contributed by atoms with E-state index >= 15 is 0 Å². The molecule has 0 saturated carbocycles. The molecule has 2 aliphatic heterocycles. The first-order valence-corrected chi connectivity index (χ1v) is 9.95. The predicted octanol–water partition coefficient (Wildman–Crippen LogP) is 1.18. The van der Waals surface area contributed by atoms with Crippen LogP contribution in [-0.2, 0) is 9.59 Å². The summed E-state index contributed by atoms with van der Waals surface area (Å²) < 4.78 is 5.62. The molecule has 2 amide bonds. The van der Waals surface area contributed by atoms with Crippen LogP contribution in [0.5, 0.6) is 5.75 Å². The molecule has 0 bridgehead atoms. The highest BCUT2D eigenvalue weighted by Crippen LogP contribution is 2.14. The fourth-order valence-electron chi connectivity index (χ4n) is 3.04. The molecule has 2 heterocycles. The molecule has 0 spiro atoms. The molecule has 136 valence electrons. The molecule has 6 nitrogen and oxygen atoms in total. The van der Waals surface area contributed by atoms with Gasteiger partial charge in [-0.3, -0.25) is 14.9 Å². The number of benzene rings is 1. The lowest BCUT2D eigenvalue weighted by atomic mass is 10.2. The SMILES string of the molecule is O=C(CCCOc1ccccc1)N1CCN(C(=O)C2CSCN2)CC1. The molecule has 1 atom stereocenters. The number of carbonyl (C=O) groups excluding carboxylic acids is 2. The van der Waals surface area contributed by atoms with Crippen LogP contribution < -0.4 is 10.1 Å². The fourth-order valence-corrected chi connectivity index (χ4v) is 3.97. The lowest BCUT2D eigenvalue weighted by Gasteiger charge is -2.36. The number of hydrogen-bond acceptors (Lipinski definition) is 5. The second-order valence-electron chi connectivity index (χ2n) is 6.24. The van der Waals surface area contributed by atoms with Gasteiger partial charge in [-0.1, -0.05) is 18.2 Å². The van der Waals surface area contributed by atoms with E-state index in [4.69, 9.17) is 4.74 Å². The van der Waals surface area contributed by atoms with E-state index in [0.29, 0.717) is 45.6 Å². The highest BCUT2D eigenvalue weighted by atomic mass is 32.2. The van der Waals surface area contributed by atoms with Gasteiger partial charge in [0.25, 0.3) is 0 Å². The van der Waals surface area contributed by atoms with E-state index in [-0.39, 0.29) is 17.9 Å². The van der Waals surface area contributed by atoms with Crippen LogP contribution in [0.2, 0.25) is 0 Å². The maximum Gasteiger partial charge on any atom is 0.240 e. The van der Waals surface area contributed by atoms with Crippen LogP contribution in [0.25, 0.3) is 0 Å². The number of nitrogens with one attached hydrogen (secondary N) is 1. The van der Waals surface area contributed by atoms with Crippen LogP contribution >= 0.6 is 11.8 Å². The number of amides is 2. The molecule has 1 aromatic rings. The van der Waals surface area contributed by atoms with Crippen molar-refractivity contribution in [3.8, 4) is 5.75 Å². The van der Waals surface area contributed by atoms with Crippen molar-refractivity contribution in [1.29, 1.82) is 0 Å². The molecule has 1 N–H and O–H groups in total. The normalized spacial score (nSPS) is 20.6. The zero-order valence-electron chi connectivity index (χ0n) is 14.4. The average Bonchev–Trinajstić information content (AvgIpc) is 3.20. The van der Waals surface area contributed by atoms with Gasteiger partial charge in [-0.05, 0) is 18.6 Å². The highest BCUT2D eigenvalue weighted by Gasteiger charge is 2.30. The number of nitrogens with zero attached hydrogens (tertiary/aromatic N) is 2. The molecular weight excluding hydrogens is 338 g/mol. The topological polar surface area (TPSA) is 61.9 Å². The summed E-state index contributed by atoms with van der Waals surface area (Å²) in [6.45, 7) is 3.06. The van der Waals surface area contributed by atoms with Crippen molar-refractivity contribution in [2.75, 3.05) is 44.4 Å². The number of ether oxygens (including phenoxy) is 1. The fraction of sp³-hybridized carbons (Fsp3) is 0.556. The third-order valence-corrected chi connectivity index (χ3v) is 5.45. The van der Waals surface area contributed by atoms with Gasteiger partial charge in [-0.2, -0.15) is 0 Å². The van der Waals surface area contributed by atoms with E-state index in [2.05, 4.69) is 5.32 Å². The smallest absolute Gasteiger partial charge is 0.240 e. The Hall–Kier alpha value is -1.73. The van der Waals surface area contributed by atoms with E-state index in [1.807, 2.05) is 40.1 Å². The van der Waals surface area contributed by atoms with Crippen molar-refractivity contribution >= 4 is 23.6 Å². The second kappa shape index (κ2) is 9.10. The lowest BCUT2D eigenvalue weighted by molar-refractivity contribution is -0.140. The summed E-state index contributed by atoms with van der Waals surface area (Å²) in [7, 11) is 0. The second-order valence-corrected chi connectivity index (χ2v) is 7.27. The Labute approximate surface area is 152 Å². The molecule has 2 fully saturated rings. The summed E-state index contributed by atoms with van der Waals surface area (Å²) >= 11 is 1.75. The molecule has 3 rings (SSSR count). The van der Waals surface area contributed by atoms with Gasteiger partial charge in [0.2, 0.25) is 11.8 Å². The minimum absolute atomic E-state index is 0.0533. The molecule has 25 heavy (non-hydrogen) atoms. The summed E-state index contributed by atoms with van der Waals surface area (Å²) in [6, 6.07) is 9.58. The van der Waals surface area contributed by atoms with Crippen molar-refractivity contribution in [2.45, 2.75) is 18.9 Å². The van der Waals surface area contributed by atoms with Gasteiger partial charge in [0.1, 0.15) is 5.75 Å². The summed E-state index contributed by atoms with van der Waals surface area (Å²) in [5.74, 6) is 2.85. The van der Waals surface area contributed by atoms with Gasteiger partial charge in [-0.15, -0.1) is 11.8 Å². The monoisotopic (exact) mass is 363 g/mol. The van der Waals surface area contributed by atoms with Crippen LogP contribution in [0.3, 0.4) is 0 Å². The first kappa shape index (κ1) is 18.1. The van der Waals surface area contributed by atoms with Crippen LogP contribution in [0, 0.1) is 0 Å². The largest absolute Gasteiger partial charge is 0.494 e. The van der Waals surface area contributed by atoms with Crippen molar-refractivity contribution in [1.82, 2.24) is 15.1 Å². The minimum Gasteiger partial charge on any atom is -0.494 e. The van der Waals surface area contributed by atoms with Crippen molar-refractivity contribution in [3.05, 3.63) is 30.3 Å². The van der Waals surface area contributed by atoms with E-state index in [1.54, 1.807) is 11.8 Å². The number of piperazine rings is 1. The van der Waals surface area contributed by atoms with Crippen molar-refractivity contribution < 1.29 is 14.3 Å². The van der Waals surface area contributed by atoms with Gasteiger partial charge < -0.3 is 14.5 Å². The summed E-state index contributed by atoms with van der Waals surface area (Å²) in [5, 5.41) is 3.21. The van der Waals surface area contributed by atoms with Gasteiger partial charge >= 0.3 is 0 Å². The Morgan fingerprint density at radius 1 is 1.12 bits per heavy atom. The zero-order chi connectivity index (χ0) is 17.5.